The number of hydrogen-bond acceptors (Lipinski definition) is 2. The largest absolute Gasteiger partial charge is 0.331 e. The van der Waals surface area contributed by atoms with E-state index in [1.165, 1.54) is 0 Å². The third-order valence-electron chi connectivity index (χ3n) is 2.92. The van der Waals surface area contributed by atoms with Crippen molar-refractivity contribution < 1.29 is 4.79 Å². The third kappa shape index (κ3) is 1.29. The van der Waals surface area contributed by atoms with Crippen LogP contribution in [0.2, 0.25) is 0 Å². The monoisotopic (exact) mass is 183 g/mol. The van der Waals surface area contributed by atoms with E-state index in [9.17, 15) is 4.79 Å². The van der Waals surface area contributed by atoms with Gasteiger partial charge in [0.25, 0.3) is 0 Å². The minimum absolute atomic E-state index is 0.153. The number of amides is 2. The van der Waals surface area contributed by atoms with Gasteiger partial charge >= 0.3 is 6.03 Å². The summed E-state index contributed by atoms with van der Waals surface area (Å²) in [5.74, 6) is 0. The van der Waals surface area contributed by atoms with Crippen LogP contribution in [0, 0.1) is 5.41 Å². The molecule has 0 radical (unpaired) electrons. The quantitative estimate of drug-likeness (QED) is 0.525. The van der Waals surface area contributed by atoms with Crippen LogP contribution in [0.4, 0.5) is 4.79 Å². The molecule has 2 saturated heterocycles. The van der Waals surface area contributed by atoms with Crippen LogP contribution in [-0.4, -0.2) is 68.1 Å². The summed E-state index contributed by atoms with van der Waals surface area (Å²) in [5.41, 5.74) is 0.459. The van der Waals surface area contributed by atoms with Gasteiger partial charge in [0.1, 0.15) is 0 Å². The summed E-state index contributed by atoms with van der Waals surface area (Å²) >= 11 is 0. The predicted octanol–water partition coefficient (Wildman–Crippen LogP) is -0.0846. The van der Waals surface area contributed by atoms with Crippen molar-refractivity contribution >= 4 is 6.03 Å². The van der Waals surface area contributed by atoms with Crippen LogP contribution in [0.15, 0.2) is 0 Å². The summed E-state index contributed by atoms with van der Waals surface area (Å²) in [6, 6.07) is 0.153. The Morgan fingerprint density at radius 1 is 1.23 bits per heavy atom. The summed E-state index contributed by atoms with van der Waals surface area (Å²) in [6.45, 7) is 4.22. The van der Waals surface area contributed by atoms with Crippen molar-refractivity contribution in [2.45, 2.75) is 0 Å². The molecule has 2 rings (SSSR count). The van der Waals surface area contributed by atoms with E-state index < -0.39 is 0 Å². The summed E-state index contributed by atoms with van der Waals surface area (Å²) in [6.07, 6.45) is 0. The number of carbonyl (C=O) groups is 1. The Hall–Kier alpha value is -0.770. The van der Waals surface area contributed by atoms with E-state index in [-0.39, 0.29) is 6.03 Å². The smallest absolute Gasteiger partial charge is 0.319 e. The minimum atomic E-state index is 0.153. The van der Waals surface area contributed by atoms with Crippen molar-refractivity contribution in [3.8, 4) is 0 Å². The Morgan fingerprint density at radius 3 is 2.15 bits per heavy atom. The standard InChI is InChI=1S/C9H17N3O/c1-10(2)8(13)12-6-9(7-12)4-11(3)5-9/h4-7H2,1-3H3. The van der Waals surface area contributed by atoms with Crippen molar-refractivity contribution in [1.29, 1.82) is 0 Å². The van der Waals surface area contributed by atoms with Crippen molar-refractivity contribution in [2.24, 2.45) is 5.41 Å². The maximum absolute atomic E-state index is 11.5. The molecule has 0 aromatic carbocycles. The third-order valence-corrected chi connectivity index (χ3v) is 2.92. The normalized spacial score (nSPS) is 25.3. The van der Waals surface area contributed by atoms with Crippen LogP contribution in [0.25, 0.3) is 0 Å². The number of urea groups is 1. The van der Waals surface area contributed by atoms with Crippen molar-refractivity contribution in [1.82, 2.24) is 14.7 Å². The molecule has 0 aromatic rings. The van der Waals surface area contributed by atoms with Gasteiger partial charge in [-0.15, -0.1) is 0 Å². The second kappa shape index (κ2) is 2.61. The molecule has 2 heterocycles. The molecule has 0 N–H and O–H groups in total. The maximum atomic E-state index is 11.5. The van der Waals surface area contributed by atoms with E-state index in [2.05, 4.69) is 11.9 Å². The fraction of sp³-hybridized carbons (Fsp3) is 0.889. The van der Waals surface area contributed by atoms with Gasteiger partial charge in [-0.1, -0.05) is 0 Å². The molecular weight excluding hydrogens is 166 g/mol. The van der Waals surface area contributed by atoms with Crippen molar-refractivity contribution in [3.63, 3.8) is 0 Å². The van der Waals surface area contributed by atoms with Crippen LogP contribution in [0.3, 0.4) is 0 Å². The summed E-state index contributed by atoms with van der Waals surface area (Å²) in [7, 11) is 5.74. The highest BCUT2D eigenvalue weighted by atomic mass is 16.2. The molecule has 1 spiro atoms. The number of likely N-dealkylation sites (tertiary alicyclic amines) is 2. The molecule has 2 amide bonds. The lowest BCUT2D eigenvalue weighted by Crippen LogP contribution is -2.72. The first-order chi connectivity index (χ1) is 6.02. The Morgan fingerprint density at radius 2 is 1.77 bits per heavy atom. The molecule has 0 unspecified atom stereocenters. The van der Waals surface area contributed by atoms with Crippen molar-refractivity contribution in [2.75, 3.05) is 47.3 Å². The zero-order chi connectivity index (χ0) is 9.64. The average Bonchev–Trinajstić information content (AvgIpc) is 1.92. The second-order valence-corrected chi connectivity index (χ2v) is 4.71. The predicted molar refractivity (Wildman–Crippen MR) is 50.6 cm³/mol. The molecular formula is C9H17N3O. The number of nitrogens with zero attached hydrogens (tertiary/aromatic N) is 3. The van der Waals surface area contributed by atoms with Crippen LogP contribution in [-0.2, 0) is 0 Å². The molecule has 2 aliphatic rings. The van der Waals surface area contributed by atoms with Gasteiger partial charge in [-0.2, -0.15) is 0 Å². The Labute approximate surface area is 79.1 Å². The second-order valence-electron chi connectivity index (χ2n) is 4.71. The summed E-state index contributed by atoms with van der Waals surface area (Å²) in [5, 5.41) is 0. The Bertz CT molecular complexity index is 225. The van der Waals surface area contributed by atoms with Gasteiger partial charge in [0.15, 0.2) is 0 Å². The molecule has 2 fully saturated rings. The lowest BCUT2D eigenvalue weighted by atomic mass is 9.73. The van der Waals surface area contributed by atoms with Gasteiger partial charge < -0.3 is 14.7 Å². The first kappa shape index (κ1) is 8.81. The highest BCUT2D eigenvalue weighted by Gasteiger charge is 2.52. The molecule has 13 heavy (non-hydrogen) atoms. The molecule has 4 heteroatoms. The van der Waals surface area contributed by atoms with Gasteiger partial charge in [-0.3, -0.25) is 0 Å². The van der Waals surface area contributed by atoms with E-state index in [0.717, 1.165) is 26.2 Å². The number of hydrogen-bond donors (Lipinski definition) is 0. The Balaban J connectivity index is 1.82. The van der Waals surface area contributed by atoms with E-state index in [1.54, 1.807) is 19.0 Å². The zero-order valence-electron chi connectivity index (χ0n) is 8.58. The molecule has 0 atom stereocenters. The maximum Gasteiger partial charge on any atom is 0.319 e. The number of rotatable bonds is 0. The first-order valence-corrected chi connectivity index (χ1v) is 4.67. The topological polar surface area (TPSA) is 26.8 Å². The van der Waals surface area contributed by atoms with Crippen molar-refractivity contribution in [3.05, 3.63) is 0 Å². The fourth-order valence-electron chi connectivity index (χ4n) is 2.48. The molecule has 0 aliphatic carbocycles. The molecule has 2 aliphatic heterocycles. The van der Waals surface area contributed by atoms with E-state index in [4.69, 9.17) is 0 Å². The van der Waals surface area contributed by atoms with Gasteiger partial charge in [0, 0.05) is 45.7 Å². The molecule has 0 saturated carbocycles. The lowest BCUT2D eigenvalue weighted by molar-refractivity contribution is -0.0862. The zero-order valence-corrected chi connectivity index (χ0v) is 8.58. The summed E-state index contributed by atoms with van der Waals surface area (Å²) < 4.78 is 0. The van der Waals surface area contributed by atoms with Crippen LogP contribution < -0.4 is 0 Å². The van der Waals surface area contributed by atoms with Gasteiger partial charge in [0.05, 0.1) is 0 Å². The lowest BCUT2D eigenvalue weighted by Gasteiger charge is -2.59. The molecule has 0 aromatic heterocycles. The number of carbonyl (C=O) groups excluding carboxylic acids is 1. The SMILES string of the molecule is CN1CC2(C1)CN(C(=O)N(C)C)C2. The van der Waals surface area contributed by atoms with Gasteiger partial charge in [-0.25, -0.2) is 4.79 Å². The van der Waals surface area contributed by atoms with Crippen LogP contribution >= 0.6 is 0 Å². The fourth-order valence-corrected chi connectivity index (χ4v) is 2.48. The first-order valence-electron chi connectivity index (χ1n) is 4.67. The van der Waals surface area contributed by atoms with Crippen LogP contribution in [0.1, 0.15) is 0 Å². The minimum Gasteiger partial charge on any atom is -0.331 e. The highest BCUT2D eigenvalue weighted by molar-refractivity contribution is 5.75. The van der Waals surface area contributed by atoms with Gasteiger partial charge in [-0.05, 0) is 7.05 Å². The van der Waals surface area contributed by atoms with Gasteiger partial charge in [0.2, 0.25) is 0 Å². The van der Waals surface area contributed by atoms with E-state index in [0.29, 0.717) is 5.41 Å². The van der Waals surface area contributed by atoms with Crippen LogP contribution in [0.5, 0.6) is 0 Å². The molecule has 4 nitrogen and oxygen atoms in total. The summed E-state index contributed by atoms with van der Waals surface area (Å²) in [4.78, 5) is 17.3. The molecule has 74 valence electrons. The molecule has 0 bridgehead atoms. The highest BCUT2D eigenvalue weighted by Crippen LogP contribution is 2.38. The van der Waals surface area contributed by atoms with E-state index in [1.807, 2.05) is 4.90 Å². The average molecular weight is 183 g/mol. The van der Waals surface area contributed by atoms with E-state index >= 15 is 0 Å². The Kier molecular flexibility index (Phi) is 1.77.